The molecule has 6 nitrogen and oxygen atoms in total. The minimum atomic E-state index is -0.442. The summed E-state index contributed by atoms with van der Waals surface area (Å²) < 4.78 is 5.50. The molecule has 1 aliphatic rings. The minimum absolute atomic E-state index is 0.0239. The lowest BCUT2D eigenvalue weighted by Gasteiger charge is -2.10. The van der Waals surface area contributed by atoms with E-state index in [0.29, 0.717) is 17.1 Å². The molecular weight excluding hydrogens is 246 g/mol. The number of hydrogen-bond donors (Lipinski definition) is 1. The first-order chi connectivity index (χ1) is 9.13. The summed E-state index contributed by atoms with van der Waals surface area (Å²) in [5.41, 5.74) is 0.716. The van der Waals surface area contributed by atoms with E-state index in [9.17, 15) is 10.1 Å². The van der Waals surface area contributed by atoms with E-state index in [2.05, 4.69) is 17.2 Å². The van der Waals surface area contributed by atoms with Gasteiger partial charge in [0.05, 0.1) is 4.92 Å². The highest BCUT2D eigenvalue weighted by Gasteiger charge is 2.24. The van der Waals surface area contributed by atoms with Crippen LogP contribution in [0.3, 0.4) is 0 Å². The van der Waals surface area contributed by atoms with Gasteiger partial charge >= 0.3 is 0 Å². The molecule has 19 heavy (non-hydrogen) atoms. The Morgan fingerprint density at radius 2 is 2.37 bits per heavy atom. The first kappa shape index (κ1) is 12.0. The van der Waals surface area contributed by atoms with Gasteiger partial charge in [0.15, 0.2) is 11.1 Å². The maximum Gasteiger partial charge on any atom is 0.298 e. The fourth-order valence-electron chi connectivity index (χ4n) is 2.27. The van der Waals surface area contributed by atoms with Gasteiger partial charge in [0.1, 0.15) is 0 Å². The second kappa shape index (κ2) is 4.53. The highest BCUT2D eigenvalue weighted by molar-refractivity contribution is 5.84. The molecule has 0 saturated heterocycles. The Labute approximate surface area is 110 Å². The molecule has 2 aromatic rings. The molecule has 0 amide bonds. The Balaban J connectivity index is 1.84. The van der Waals surface area contributed by atoms with Gasteiger partial charge in [-0.15, -0.1) is 0 Å². The number of hydrogen-bond acceptors (Lipinski definition) is 5. The van der Waals surface area contributed by atoms with E-state index in [1.165, 1.54) is 18.9 Å². The van der Waals surface area contributed by atoms with Gasteiger partial charge in [-0.2, -0.15) is 4.98 Å². The monoisotopic (exact) mass is 261 g/mol. The summed E-state index contributed by atoms with van der Waals surface area (Å²) in [4.78, 5) is 14.6. The molecule has 1 heterocycles. The van der Waals surface area contributed by atoms with Crippen LogP contribution in [-0.2, 0) is 0 Å². The van der Waals surface area contributed by atoms with Crippen molar-refractivity contribution >= 4 is 22.8 Å². The topological polar surface area (TPSA) is 81.2 Å². The van der Waals surface area contributed by atoms with Crippen LogP contribution >= 0.6 is 0 Å². The van der Waals surface area contributed by atoms with Gasteiger partial charge in [0, 0.05) is 12.1 Å². The molecule has 0 bridgehead atoms. The second-order valence-corrected chi connectivity index (χ2v) is 5.12. The molecule has 0 radical (unpaired) electrons. The van der Waals surface area contributed by atoms with Crippen molar-refractivity contribution < 1.29 is 9.34 Å². The predicted octanol–water partition coefficient (Wildman–Crippen LogP) is 3.34. The summed E-state index contributed by atoms with van der Waals surface area (Å²) in [6, 6.07) is 5.34. The van der Waals surface area contributed by atoms with Crippen molar-refractivity contribution in [1.29, 1.82) is 0 Å². The molecular formula is C13H15N3O3. The molecule has 1 unspecified atom stereocenters. The van der Waals surface area contributed by atoms with Crippen LogP contribution in [0.25, 0.3) is 11.1 Å². The standard InChI is InChI=1S/C13H15N3O3/c1-8(7-9-5-6-9)14-13-15-12-10(16(17)18)3-2-4-11(12)19-13/h2-4,8-9H,5-7H2,1H3,(H,14,15). The lowest BCUT2D eigenvalue weighted by Crippen LogP contribution is -2.15. The van der Waals surface area contributed by atoms with Crippen molar-refractivity contribution in [2.45, 2.75) is 32.2 Å². The molecule has 1 aliphatic carbocycles. The third-order valence-corrected chi connectivity index (χ3v) is 3.35. The Morgan fingerprint density at radius 1 is 1.58 bits per heavy atom. The fourth-order valence-corrected chi connectivity index (χ4v) is 2.27. The molecule has 1 aromatic heterocycles. The Kier molecular flexibility index (Phi) is 2.85. The summed E-state index contributed by atoms with van der Waals surface area (Å²) in [7, 11) is 0. The molecule has 1 aromatic carbocycles. The van der Waals surface area contributed by atoms with Gasteiger partial charge < -0.3 is 9.73 Å². The number of para-hydroxylation sites is 1. The van der Waals surface area contributed by atoms with Crippen molar-refractivity contribution in [2.75, 3.05) is 5.32 Å². The Morgan fingerprint density at radius 3 is 3.05 bits per heavy atom. The van der Waals surface area contributed by atoms with Crippen molar-refractivity contribution in [3.63, 3.8) is 0 Å². The molecule has 1 N–H and O–H groups in total. The first-order valence-electron chi connectivity index (χ1n) is 6.44. The number of fused-ring (bicyclic) bond motifs is 1. The van der Waals surface area contributed by atoms with Gasteiger partial charge in [-0.25, -0.2) is 0 Å². The maximum atomic E-state index is 10.9. The molecule has 0 spiro atoms. The van der Waals surface area contributed by atoms with Crippen LogP contribution in [0.5, 0.6) is 0 Å². The number of rotatable bonds is 5. The molecule has 1 fully saturated rings. The van der Waals surface area contributed by atoms with E-state index in [1.54, 1.807) is 12.1 Å². The maximum absolute atomic E-state index is 10.9. The van der Waals surface area contributed by atoms with E-state index >= 15 is 0 Å². The largest absolute Gasteiger partial charge is 0.423 e. The van der Waals surface area contributed by atoms with E-state index in [-0.39, 0.29) is 11.7 Å². The number of benzene rings is 1. The lowest BCUT2D eigenvalue weighted by molar-refractivity contribution is -0.383. The van der Waals surface area contributed by atoms with Crippen LogP contribution in [0.2, 0.25) is 0 Å². The van der Waals surface area contributed by atoms with Crippen molar-refractivity contribution in [3.05, 3.63) is 28.3 Å². The summed E-state index contributed by atoms with van der Waals surface area (Å²) in [6.07, 6.45) is 3.68. The van der Waals surface area contributed by atoms with E-state index < -0.39 is 4.92 Å². The molecule has 6 heteroatoms. The third kappa shape index (κ3) is 2.52. The number of aromatic nitrogens is 1. The number of nitrogens with one attached hydrogen (secondary N) is 1. The number of non-ortho nitro benzene ring substituents is 1. The van der Waals surface area contributed by atoms with Crippen molar-refractivity contribution in [3.8, 4) is 0 Å². The first-order valence-corrected chi connectivity index (χ1v) is 6.44. The quantitative estimate of drug-likeness (QED) is 0.659. The van der Waals surface area contributed by atoms with Crippen LogP contribution in [-0.4, -0.2) is 15.9 Å². The number of nitrogens with zero attached hydrogens (tertiary/aromatic N) is 2. The summed E-state index contributed by atoms with van der Waals surface area (Å²) >= 11 is 0. The van der Waals surface area contributed by atoms with E-state index in [1.807, 2.05) is 0 Å². The van der Waals surface area contributed by atoms with Crippen LogP contribution in [0.1, 0.15) is 26.2 Å². The highest BCUT2D eigenvalue weighted by atomic mass is 16.6. The normalized spacial score (nSPS) is 16.5. The van der Waals surface area contributed by atoms with E-state index in [0.717, 1.165) is 12.3 Å². The van der Waals surface area contributed by atoms with Crippen LogP contribution in [0, 0.1) is 16.0 Å². The molecule has 1 saturated carbocycles. The summed E-state index contributed by atoms with van der Waals surface area (Å²) in [6.45, 7) is 2.07. The van der Waals surface area contributed by atoms with Crippen molar-refractivity contribution in [2.24, 2.45) is 5.92 Å². The zero-order chi connectivity index (χ0) is 13.4. The van der Waals surface area contributed by atoms with Gasteiger partial charge in [-0.05, 0) is 25.3 Å². The van der Waals surface area contributed by atoms with Crippen molar-refractivity contribution in [1.82, 2.24) is 4.98 Å². The molecule has 1 atom stereocenters. The van der Waals surface area contributed by atoms with Gasteiger partial charge in [0.25, 0.3) is 11.7 Å². The van der Waals surface area contributed by atoms with Gasteiger partial charge in [-0.3, -0.25) is 10.1 Å². The molecule has 3 rings (SSSR count). The molecule has 0 aliphatic heterocycles. The number of nitro benzene ring substituents is 1. The van der Waals surface area contributed by atoms with Crippen LogP contribution in [0.15, 0.2) is 22.6 Å². The Hall–Kier alpha value is -2.11. The average molecular weight is 261 g/mol. The number of oxazole rings is 1. The SMILES string of the molecule is CC(CC1CC1)Nc1nc2c([N+](=O)[O-])cccc2o1. The Bertz CT molecular complexity index is 619. The zero-order valence-corrected chi connectivity index (χ0v) is 10.6. The smallest absolute Gasteiger partial charge is 0.298 e. The summed E-state index contributed by atoms with van der Waals surface area (Å²) in [5.74, 6) is 0.807. The number of anilines is 1. The zero-order valence-electron chi connectivity index (χ0n) is 10.6. The number of nitro groups is 1. The fraction of sp³-hybridized carbons (Fsp3) is 0.462. The third-order valence-electron chi connectivity index (χ3n) is 3.35. The van der Waals surface area contributed by atoms with Crippen LogP contribution < -0.4 is 5.32 Å². The average Bonchev–Trinajstić information content (AvgIpc) is 3.06. The van der Waals surface area contributed by atoms with Gasteiger partial charge in [0.2, 0.25) is 0 Å². The van der Waals surface area contributed by atoms with Crippen LogP contribution in [0.4, 0.5) is 11.7 Å². The van der Waals surface area contributed by atoms with E-state index in [4.69, 9.17) is 4.42 Å². The second-order valence-electron chi connectivity index (χ2n) is 5.12. The predicted molar refractivity (Wildman–Crippen MR) is 71.1 cm³/mol. The molecule has 100 valence electrons. The highest BCUT2D eigenvalue weighted by Crippen LogP contribution is 2.34. The summed E-state index contributed by atoms with van der Waals surface area (Å²) in [5, 5.41) is 14.1. The lowest BCUT2D eigenvalue weighted by atomic mass is 10.2. The van der Waals surface area contributed by atoms with Gasteiger partial charge in [-0.1, -0.05) is 18.9 Å². The minimum Gasteiger partial charge on any atom is -0.423 e.